The van der Waals surface area contributed by atoms with Crippen molar-refractivity contribution in [2.24, 2.45) is 5.92 Å². The summed E-state index contributed by atoms with van der Waals surface area (Å²) in [5.74, 6) is 0.930. The third kappa shape index (κ3) is 4.37. The summed E-state index contributed by atoms with van der Waals surface area (Å²) >= 11 is 0. The van der Waals surface area contributed by atoms with Crippen LogP contribution in [-0.4, -0.2) is 26.6 Å². The summed E-state index contributed by atoms with van der Waals surface area (Å²) in [5, 5.41) is 5.99. The predicted molar refractivity (Wildman–Crippen MR) is 72.5 cm³/mol. The lowest BCUT2D eigenvalue weighted by Crippen LogP contribution is -2.35. The summed E-state index contributed by atoms with van der Waals surface area (Å²) in [6.45, 7) is 3.27. The second-order valence-corrected chi connectivity index (χ2v) is 4.23. The number of carbonyl (C=O) groups is 1. The average Bonchev–Trinajstić information content (AvgIpc) is 2.42. The van der Waals surface area contributed by atoms with E-state index >= 15 is 0 Å². The molecule has 0 spiro atoms. The third-order valence-electron chi connectivity index (χ3n) is 2.92. The minimum atomic E-state index is 0.0283. The molecule has 1 aromatic carbocycles. The van der Waals surface area contributed by atoms with Gasteiger partial charge in [0.2, 0.25) is 5.91 Å². The van der Waals surface area contributed by atoms with E-state index in [-0.39, 0.29) is 11.8 Å². The molecule has 0 aliphatic carbocycles. The van der Waals surface area contributed by atoms with E-state index in [1.807, 2.05) is 38.2 Å². The van der Waals surface area contributed by atoms with Crippen LogP contribution in [0.4, 0.5) is 0 Å². The average molecular weight is 250 g/mol. The van der Waals surface area contributed by atoms with E-state index in [2.05, 4.69) is 10.6 Å². The Morgan fingerprint density at radius 2 is 2.22 bits per heavy atom. The lowest BCUT2D eigenvalue weighted by Gasteiger charge is -2.14. The molecular formula is C14H22N2O2. The highest BCUT2D eigenvalue weighted by atomic mass is 16.5. The monoisotopic (exact) mass is 250 g/mol. The second-order valence-electron chi connectivity index (χ2n) is 4.23. The van der Waals surface area contributed by atoms with Crippen molar-refractivity contribution in [1.82, 2.24) is 10.6 Å². The topological polar surface area (TPSA) is 50.4 Å². The van der Waals surface area contributed by atoms with Crippen molar-refractivity contribution in [2.75, 3.05) is 20.7 Å². The molecule has 0 radical (unpaired) electrons. The zero-order valence-electron chi connectivity index (χ0n) is 11.3. The van der Waals surface area contributed by atoms with Gasteiger partial charge in [-0.25, -0.2) is 0 Å². The van der Waals surface area contributed by atoms with Crippen LogP contribution in [0.15, 0.2) is 24.3 Å². The highest BCUT2D eigenvalue weighted by Gasteiger charge is 2.14. The summed E-state index contributed by atoms with van der Waals surface area (Å²) in [4.78, 5) is 11.9. The van der Waals surface area contributed by atoms with Crippen LogP contribution in [0, 0.1) is 5.92 Å². The van der Waals surface area contributed by atoms with Crippen LogP contribution in [0.25, 0.3) is 0 Å². The van der Waals surface area contributed by atoms with Crippen molar-refractivity contribution in [1.29, 1.82) is 0 Å². The standard InChI is InChI=1S/C14H22N2O2/c1-4-12(10-15-2)14(17)16-9-11-6-5-7-13(8-11)18-3/h5-8,12,15H,4,9-10H2,1-3H3,(H,16,17). The predicted octanol–water partition coefficient (Wildman–Crippen LogP) is 1.56. The van der Waals surface area contributed by atoms with Crippen molar-refractivity contribution in [3.05, 3.63) is 29.8 Å². The van der Waals surface area contributed by atoms with Crippen LogP contribution in [0.1, 0.15) is 18.9 Å². The molecule has 1 unspecified atom stereocenters. The highest BCUT2D eigenvalue weighted by Crippen LogP contribution is 2.12. The van der Waals surface area contributed by atoms with Gasteiger partial charge in [-0.05, 0) is 31.2 Å². The molecule has 4 heteroatoms. The van der Waals surface area contributed by atoms with E-state index in [9.17, 15) is 4.79 Å². The molecule has 1 rings (SSSR count). The number of methoxy groups -OCH3 is 1. The zero-order chi connectivity index (χ0) is 13.4. The molecule has 0 heterocycles. The Morgan fingerprint density at radius 3 is 2.83 bits per heavy atom. The summed E-state index contributed by atoms with van der Waals surface area (Å²) in [7, 11) is 3.50. The van der Waals surface area contributed by atoms with Crippen LogP contribution < -0.4 is 15.4 Å². The van der Waals surface area contributed by atoms with Gasteiger partial charge >= 0.3 is 0 Å². The van der Waals surface area contributed by atoms with Crippen LogP contribution in [-0.2, 0) is 11.3 Å². The van der Waals surface area contributed by atoms with Gasteiger partial charge in [0.05, 0.1) is 13.0 Å². The number of carbonyl (C=O) groups excluding carboxylic acids is 1. The molecule has 0 saturated heterocycles. The van der Waals surface area contributed by atoms with E-state index in [4.69, 9.17) is 4.74 Å². The van der Waals surface area contributed by atoms with Crippen molar-refractivity contribution >= 4 is 5.91 Å². The first-order valence-electron chi connectivity index (χ1n) is 6.26. The van der Waals surface area contributed by atoms with Crippen molar-refractivity contribution < 1.29 is 9.53 Å². The molecule has 0 aliphatic rings. The van der Waals surface area contributed by atoms with Crippen molar-refractivity contribution in [3.8, 4) is 5.75 Å². The molecule has 1 atom stereocenters. The molecule has 18 heavy (non-hydrogen) atoms. The Bertz CT molecular complexity index is 380. The Kier molecular flexibility index (Phi) is 6.22. The molecule has 0 saturated carbocycles. The van der Waals surface area contributed by atoms with Gasteiger partial charge in [-0.2, -0.15) is 0 Å². The maximum Gasteiger partial charge on any atom is 0.224 e. The molecule has 0 bridgehead atoms. The van der Waals surface area contributed by atoms with Gasteiger partial charge in [0.25, 0.3) is 0 Å². The third-order valence-corrected chi connectivity index (χ3v) is 2.92. The van der Waals surface area contributed by atoms with Crippen LogP contribution in [0.5, 0.6) is 5.75 Å². The molecule has 1 aromatic rings. The van der Waals surface area contributed by atoms with Gasteiger partial charge < -0.3 is 15.4 Å². The van der Waals surface area contributed by atoms with E-state index < -0.39 is 0 Å². The van der Waals surface area contributed by atoms with Gasteiger partial charge in [-0.15, -0.1) is 0 Å². The van der Waals surface area contributed by atoms with Gasteiger partial charge in [0.1, 0.15) is 5.75 Å². The molecule has 100 valence electrons. The number of benzene rings is 1. The Hall–Kier alpha value is -1.55. The fourth-order valence-corrected chi connectivity index (χ4v) is 1.78. The maximum atomic E-state index is 11.9. The van der Waals surface area contributed by atoms with Crippen molar-refractivity contribution in [2.45, 2.75) is 19.9 Å². The first-order valence-corrected chi connectivity index (χ1v) is 6.26. The molecule has 4 nitrogen and oxygen atoms in total. The second kappa shape index (κ2) is 7.71. The van der Waals surface area contributed by atoms with E-state index in [1.165, 1.54) is 0 Å². The minimum Gasteiger partial charge on any atom is -0.497 e. The molecule has 0 fully saturated rings. The normalized spacial score (nSPS) is 11.9. The number of ether oxygens (including phenoxy) is 1. The zero-order valence-corrected chi connectivity index (χ0v) is 11.3. The van der Waals surface area contributed by atoms with Crippen LogP contribution in [0.3, 0.4) is 0 Å². The van der Waals surface area contributed by atoms with Gasteiger partial charge in [0, 0.05) is 13.1 Å². The van der Waals surface area contributed by atoms with Gasteiger partial charge in [0.15, 0.2) is 0 Å². The number of hydrogen-bond donors (Lipinski definition) is 2. The SMILES string of the molecule is CCC(CNC)C(=O)NCc1cccc(OC)c1. The van der Waals surface area contributed by atoms with Crippen LogP contribution in [0.2, 0.25) is 0 Å². The van der Waals surface area contributed by atoms with E-state index in [0.29, 0.717) is 13.1 Å². The Labute approximate surface area is 109 Å². The largest absolute Gasteiger partial charge is 0.497 e. The van der Waals surface area contributed by atoms with E-state index in [1.54, 1.807) is 7.11 Å². The number of hydrogen-bond acceptors (Lipinski definition) is 3. The first-order chi connectivity index (χ1) is 8.71. The molecule has 0 aromatic heterocycles. The number of nitrogens with one attached hydrogen (secondary N) is 2. The maximum absolute atomic E-state index is 11.9. The van der Waals surface area contributed by atoms with E-state index in [0.717, 1.165) is 17.7 Å². The Balaban J connectivity index is 2.50. The van der Waals surface area contributed by atoms with Crippen molar-refractivity contribution in [3.63, 3.8) is 0 Å². The lowest BCUT2D eigenvalue weighted by molar-refractivity contribution is -0.125. The summed E-state index contributed by atoms with van der Waals surface area (Å²) in [6, 6.07) is 7.72. The molecule has 2 N–H and O–H groups in total. The molecule has 0 aliphatic heterocycles. The molecular weight excluding hydrogens is 228 g/mol. The fraction of sp³-hybridized carbons (Fsp3) is 0.500. The fourth-order valence-electron chi connectivity index (χ4n) is 1.78. The van der Waals surface area contributed by atoms with Gasteiger partial charge in [-0.3, -0.25) is 4.79 Å². The summed E-state index contributed by atoms with van der Waals surface area (Å²) in [5.41, 5.74) is 1.04. The summed E-state index contributed by atoms with van der Waals surface area (Å²) < 4.78 is 5.15. The quantitative estimate of drug-likeness (QED) is 0.772. The highest BCUT2D eigenvalue weighted by molar-refractivity contribution is 5.78. The number of rotatable bonds is 7. The smallest absolute Gasteiger partial charge is 0.224 e. The Morgan fingerprint density at radius 1 is 1.44 bits per heavy atom. The number of amides is 1. The lowest BCUT2D eigenvalue weighted by atomic mass is 10.1. The molecule has 1 amide bonds. The van der Waals surface area contributed by atoms with Crippen LogP contribution >= 0.6 is 0 Å². The minimum absolute atomic E-state index is 0.0283. The first kappa shape index (κ1) is 14.5. The summed E-state index contributed by atoms with van der Waals surface area (Å²) in [6.07, 6.45) is 0.838. The van der Waals surface area contributed by atoms with Gasteiger partial charge in [-0.1, -0.05) is 19.1 Å².